The van der Waals surface area contributed by atoms with Crippen molar-refractivity contribution < 1.29 is 14.3 Å². The van der Waals surface area contributed by atoms with E-state index < -0.39 is 5.30 Å². The highest BCUT2D eigenvalue weighted by atomic mass is 32.2. The average Bonchev–Trinajstić information content (AvgIpc) is 3.07. The predicted octanol–water partition coefficient (Wildman–Crippen LogP) is 5.76. The molecular weight excluding hydrogens is 398 g/mol. The zero-order valence-electron chi connectivity index (χ0n) is 18.5. The fraction of sp³-hybridized carbons (Fsp3) is 0.435. The van der Waals surface area contributed by atoms with Crippen LogP contribution in [-0.4, -0.2) is 27.6 Å². The molecule has 0 unspecified atom stereocenters. The van der Waals surface area contributed by atoms with Gasteiger partial charge < -0.3 is 9.47 Å². The molecule has 0 amide bonds. The lowest BCUT2D eigenvalue weighted by Gasteiger charge is -2.19. The van der Waals surface area contributed by atoms with Crippen LogP contribution < -0.4 is 0 Å². The van der Waals surface area contributed by atoms with E-state index in [0.717, 1.165) is 23.0 Å². The van der Waals surface area contributed by atoms with Crippen LogP contribution in [0.1, 0.15) is 57.1 Å². The Bertz CT molecular complexity index is 948. The lowest BCUT2D eigenvalue weighted by atomic mass is 9.86. The van der Waals surface area contributed by atoms with Crippen molar-refractivity contribution in [2.24, 2.45) is 0 Å². The number of aryl methyl sites for hydroxylation is 2. The van der Waals surface area contributed by atoms with Crippen LogP contribution in [-0.2, 0) is 21.4 Å². The second kappa shape index (κ2) is 10.4. The van der Waals surface area contributed by atoms with E-state index in [4.69, 9.17) is 9.47 Å². The molecule has 7 heteroatoms. The molecule has 0 aliphatic rings. The number of ether oxygens (including phenoxy) is 2. The van der Waals surface area contributed by atoms with Crippen LogP contribution in [0.4, 0.5) is 4.79 Å². The average molecular weight is 428 g/mol. The van der Waals surface area contributed by atoms with Crippen molar-refractivity contribution in [1.82, 2.24) is 9.78 Å². The number of nitrogens with zero attached hydrogens (tertiary/aromatic N) is 3. The summed E-state index contributed by atoms with van der Waals surface area (Å²) in [6.45, 7) is 12.5. The van der Waals surface area contributed by atoms with E-state index in [-0.39, 0.29) is 12.2 Å². The van der Waals surface area contributed by atoms with Gasteiger partial charge in [-0.15, -0.1) is 0 Å². The minimum atomic E-state index is -0.412. The SMILES string of the molecule is CCSC(=O)OCO/C(=C(/C#N)c1ccc(C(C)(C)C)cc1)c1cc(C)nn1CC. The van der Waals surface area contributed by atoms with Crippen molar-refractivity contribution >= 4 is 28.4 Å². The van der Waals surface area contributed by atoms with Crippen LogP contribution in [0.25, 0.3) is 11.3 Å². The maximum absolute atomic E-state index is 11.7. The summed E-state index contributed by atoms with van der Waals surface area (Å²) >= 11 is 1.07. The maximum Gasteiger partial charge on any atom is 0.370 e. The highest BCUT2D eigenvalue weighted by molar-refractivity contribution is 8.13. The first-order valence-corrected chi connectivity index (χ1v) is 10.9. The monoisotopic (exact) mass is 427 g/mol. The number of hydrogen-bond acceptors (Lipinski definition) is 6. The predicted molar refractivity (Wildman–Crippen MR) is 121 cm³/mol. The topological polar surface area (TPSA) is 77.1 Å². The molecule has 0 saturated heterocycles. The fourth-order valence-electron chi connectivity index (χ4n) is 2.92. The van der Waals surface area contributed by atoms with Crippen LogP contribution in [0, 0.1) is 18.3 Å². The highest BCUT2D eigenvalue weighted by Crippen LogP contribution is 2.30. The summed E-state index contributed by atoms with van der Waals surface area (Å²) in [5.74, 6) is 0.963. The van der Waals surface area contributed by atoms with Crippen LogP contribution in [0.3, 0.4) is 0 Å². The third-order valence-electron chi connectivity index (χ3n) is 4.46. The lowest BCUT2D eigenvalue weighted by Crippen LogP contribution is -2.11. The van der Waals surface area contributed by atoms with Gasteiger partial charge in [-0.25, -0.2) is 4.79 Å². The quantitative estimate of drug-likeness (QED) is 0.242. The first-order valence-electron chi connectivity index (χ1n) is 9.93. The Morgan fingerprint density at radius 2 is 1.87 bits per heavy atom. The Morgan fingerprint density at radius 3 is 2.40 bits per heavy atom. The standard InChI is InChI=1S/C23H29N3O3S/c1-7-26-20(13-16(3)25-26)21(28-15-29-22(27)30-8-2)19(14-24)17-9-11-18(12-10-17)23(4,5)6/h9-13H,7-8,15H2,1-6H3/b21-19-. The van der Waals surface area contributed by atoms with Crippen molar-refractivity contribution in [2.45, 2.75) is 53.5 Å². The van der Waals surface area contributed by atoms with E-state index >= 15 is 0 Å². The van der Waals surface area contributed by atoms with Crippen LogP contribution >= 0.6 is 11.8 Å². The molecule has 0 spiro atoms. The molecule has 0 aliphatic heterocycles. The van der Waals surface area contributed by atoms with Gasteiger partial charge in [-0.1, -0.05) is 52.0 Å². The van der Waals surface area contributed by atoms with E-state index in [1.54, 1.807) is 4.68 Å². The van der Waals surface area contributed by atoms with E-state index in [1.165, 1.54) is 5.56 Å². The first-order chi connectivity index (χ1) is 14.2. The Hall–Kier alpha value is -2.72. The molecule has 0 bridgehead atoms. The normalized spacial score (nSPS) is 12.2. The molecule has 1 aromatic carbocycles. The van der Waals surface area contributed by atoms with Crippen LogP contribution in [0.2, 0.25) is 0 Å². The Labute approximate surface area is 182 Å². The summed E-state index contributed by atoms with van der Waals surface area (Å²) < 4.78 is 12.8. The van der Waals surface area contributed by atoms with Crippen LogP contribution in [0.5, 0.6) is 0 Å². The molecule has 160 valence electrons. The van der Waals surface area contributed by atoms with Gasteiger partial charge in [-0.05, 0) is 48.2 Å². The van der Waals surface area contributed by atoms with Gasteiger partial charge in [0, 0.05) is 12.3 Å². The number of allylic oxidation sites excluding steroid dienone is 1. The Morgan fingerprint density at radius 1 is 1.20 bits per heavy atom. The van der Waals surface area contributed by atoms with Gasteiger partial charge in [0.25, 0.3) is 0 Å². The van der Waals surface area contributed by atoms with Gasteiger partial charge in [0.1, 0.15) is 17.3 Å². The summed E-state index contributed by atoms with van der Waals surface area (Å²) in [5, 5.41) is 14.0. The summed E-state index contributed by atoms with van der Waals surface area (Å²) in [4.78, 5) is 11.7. The molecule has 1 heterocycles. The van der Waals surface area contributed by atoms with Crippen LogP contribution in [0.15, 0.2) is 30.3 Å². The fourth-order valence-corrected chi connectivity index (χ4v) is 3.29. The van der Waals surface area contributed by atoms with Gasteiger partial charge in [0.05, 0.1) is 5.69 Å². The summed E-state index contributed by atoms with van der Waals surface area (Å²) in [7, 11) is 0. The van der Waals surface area contributed by atoms with Gasteiger partial charge in [0.15, 0.2) is 5.76 Å². The molecule has 0 saturated carbocycles. The number of carbonyl (C=O) groups excluding carboxylic acids is 1. The molecule has 0 radical (unpaired) electrons. The number of hydrogen-bond donors (Lipinski definition) is 0. The number of carbonyl (C=O) groups is 1. The molecule has 2 aromatic rings. The molecule has 1 aromatic heterocycles. The smallest absolute Gasteiger partial charge is 0.370 e. The maximum atomic E-state index is 11.7. The number of rotatable bonds is 7. The molecule has 2 rings (SSSR count). The second-order valence-corrected chi connectivity index (χ2v) is 8.92. The zero-order chi connectivity index (χ0) is 22.3. The summed E-state index contributed by atoms with van der Waals surface area (Å²) in [5.41, 5.74) is 3.77. The largest absolute Gasteiger partial charge is 0.454 e. The van der Waals surface area contributed by atoms with Crippen molar-refractivity contribution in [3.05, 3.63) is 52.8 Å². The molecular formula is C23H29N3O3S. The highest BCUT2D eigenvalue weighted by Gasteiger charge is 2.20. The minimum absolute atomic E-state index is 0.0114. The van der Waals surface area contributed by atoms with Gasteiger partial charge in [0.2, 0.25) is 6.79 Å². The molecule has 0 fully saturated rings. The molecule has 0 aliphatic carbocycles. The zero-order valence-corrected chi connectivity index (χ0v) is 19.3. The van der Waals surface area contributed by atoms with Crippen molar-refractivity contribution in [3.63, 3.8) is 0 Å². The van der Waals surface area contributed by atoms with E-state index in [0.29, 0.717) is 29.3 Å². The number of thioether (sulfide) groups is 1. The Balaban J connectivity index is 2.49. The lowest BCUT2D eigenvalue weighted by molar-refractivity contribution is 0.0587. The third-order valence-corrected chi connectivity index (χ3v) is 5.10. The van der Waals surface area contributed by atoms with Crippen molar-refractivity contribution in [1.29, 1.82) is 5.26 Å². The summed E-state index contributed by atoms with van der Waals surface area (Å²) in [6.07, 6.45) is 0. The van der Waals surface area contributed by atoms with E-state index in [2.05, 4.69) is 31.9 Å². The summed E-state index contributed by atoms with van der Waals surface area (Å²) in [6, 6.07) is 12.0. The molecule has 0 atom stereocenters. The van der Waals surface area contributed by atoms with Gasteiger partial charge in [-0.3, -0.25) is 4.68 Å². The Kier molecular flexibility index (Phi) is 8.13. The van der Waals surface area contributed by atoms with Gasteiger partial charge in [-0.2, -0.15) is 10.4 Å². The first kappa shape index (κ1) is 23.6. The number of aromatic nitrogens is 2. The minimum Gasteiger partial charge on any atom is -0.454 e. The third kappa shape index (κ3) is 5.90. The number of benzene rings is 1. The second-order valence-electron chi connectivity index (χ2n) is 7.72. The van der Waals surface area contributed by atoms with E-state index in [1.807, 2.05) is 51.1 Å². The molecule has 30 heavy (non-hydrogen) atoms. The van der Waals surface area contributed by atoms with Crippen molar-refractivity contribution in [2.75, 3.05) is 12.5 Å². The number of nitriles is 1. The van der Waals surface area contributed by atoms with Crippen molar-refractivity contribution in [3.8, 4) is 6.07 Å². The van der Waals surface area contributed by atoms with Gasteiger partial charge >= 0.3 is 5.30 Å². The van der Waals surface area contributed by atoms with E-state index in [9.17, 15) is 10.1 Å². The molecule has 0 N–H and O–H groups in total. The molecule has 6 nitrogen and oxygen atoms in total.